The molecule has 0 saturated heterocycles. The molecule has 0 aliphatic heterocycles. The zero-order chi connectivity index (χ0) is 14.1. The molecule has 7 heteroatoms. The minimum absolute atomic E-state index is 0.00103. The van der Waals surface area contributed by atoms with Crippen LogP contribution in [-0.2, 0) is 10.0 Å². The number of hydrogen-bond donors (Lipinski definition) is 1. The molecule has 102 valence electrons. The fourth-order valence-corrected chi connectivity index (χ4v) is 4.64. The van der Waals surface area contributed by atoms with Crippen molar-refractivity contribution in [3.05, 3.63) is 27.7 Å². The van der Waals surface area contributed by atoms with Gasteiger partial charge in [0, 0.05) is 4.47 Å². The number of nitrogens with one attached hydrogen (secondary N) is 1. The lowest BCUT2D eigenvalue weighted by Gasteiger charge is -2.22. The van der Waals surface area contributed by atoms with Crippen LogP contribution in [-0.4, -0.2) is 14.0 Å². The van der Waals surface area contributed by atoms with Crippen molar-refractivity contribution in [2.75, 3.05) is 0 Å². The highest BCUT2D eigenvalue weighted by Crippen LogP contribution is 2.32. The second-order valence-corrected chi connectivity index (χ2v) is 7.55. The highest BCUT2D eigenvalue weighted by molar-refractivity contribution is 9.10. The average Bonchev–Trinajstić information content (AvgIpc) is 2.77. The maximum absolute atomic E-state index is 12.3. The third-order valence-corrected chi connectivity index (χ3v) is 5.70. The minimum atomic E-state index is -3.79. The molecule has 0 amide bonds. The Labute approximate surface area is 125 Å². The van der Waals surface area contributed by atoms with Gasteiger partial charge in [-0.1, -0.05) is 40.4 Å². The van der Waals surface area contributed by atoms with Gasteiger partial charge in [0.05, 0.1) is 11.1 Å². The molecule has 0 bridgehead atoms. The van der Waals surface area contributed by atoms with E-state index in [0.29, 0.717) is 17.3 Å². The van der Waals surface area contributed by atoms with Crippen molar-refractivity contribution in [3.63, 3.8) is 0 Å². The molecule has 1 aromatic rings. The van der Waals surface area contributed by atoms with Gasteiger partial charge in [0.15, 0.2) is 0 Å². The van der Waals surface area contributed by atoms with Crippen LogP contribution in [0.25, 0.3) is 0 Å². The monoisotopic (exact) mass is 362 g/mol. The lowest BCUT2D eigenvalue weighted by atomic mass is 10.0. The van der Waals surface area contributed by atoms with Crippen LogP contribution >= 0.6 is 27.5 Å². The molecule has 1 aromatic carbocycles. The molecular formula is C12H12BrClN2O2S. The maximum Gasteiger partial charge on any atom is 0.243 e. The Bertz CT molecular complexity index is 634. The number of sulfonamides is 1. The molecule has 1 aliphatic carbocycles. The first-order chi connectivity index (χ1) is 8.88. The zero-order valence-corrected chi connectivity index (χ0v) is 13.1. The van der Waals surface area contributed by atoms with Gasteiger partial charge in [-0.25, -0.2) is 8.42 Å². The number of halogens is 2. The molecule has 1 saturated carbocycles. The van der Waals surface area contributed by atoms with E-state index in [2.05, 4.69) is 26.7 Å². The Kier molecular flexibility index (Phi) is 4.21. The fourth-order valence-electron chi connectivity index (χ4n) is 2.22. The summed E-state index contributed by atoms with van der Waals surface area (Å²) in [5, 5.41) is 9.36. The molecular weight excluding hydrogens is 352 g/mol. The normalized spacial score (nSPS) is 18.2. The molecule has 1 fully saturated rings. The van der Waals surface area contributed by atoms with Crippen LogP contribution in [0.3, 0.4) is 0 Å². The summed E-state index contributed by atoms with van der Waals surface area (Å²) < 4.78 is 27.9. The summed E-state index contributed by atoms with van der Waals surface area (Å²) in [4.78, 5) is -0.00103. The molecule has 0 aromatic heterocycles. The first-order valence-corrected chi connectivity index (χ1v) is 8.44. The van der Waals surface area contributed by atoms with E-state index < -0.39 is 15.6 Å². The van der Waals surface area contributed by atoms with Crippen LogP contribution in [0.15, 0.2) is 27.6 Å². The second kappa shape index (κ2) is 5.41. The molecule has 0 atom stereocenters. The number of benzene rings is 1. The highest BCUT2D eigenvalue weighted by Gasteiger charge is 2.38. The minimum Gasteiger partial charge on any atom is -0.207 e. The van der Waals surface area contributed by atoms with Crippen LogP contribution in [0.4, 0.5) is 0 Å². The molecule has 0 unspecified atom stereocenters. The van der Waals surface area contributed by atoms with Crippen LogP contribution < -0.4 is 4.72 Å². The fraction of sp³-hybridized carbons (Fsp3) is 0.417. The summed E-state index contributed by atoms with van der Waals surface area (Å²) in [6, 6.07) is 6.64. The Morgan fingerprint density at radius 2 is 2.00 bits per heavy atom. The second-order valence-electron chi connectivity index (χ2n) is 4.58. The van der Waals surface area contributed by atoms with E-state index in [1.54, 1.807) is 6.07 Å². The van der Waals surface area contributed by atoms with Crippen molar-refractivity contribution in [2.45, 2.75) is 36.1 Å². The molecule has 0 radical (unpaired) electrons. The smallest absolute Gasteiger partial charge is 0.207 e. The molecule has 4 nitrogen and oxygen atoms in total. The number of nitriles is 1. The lowest BCUT2D eigenvalue weighted by molar-refractivity contribution is 0.485. The molecule has 0 spiro atoms. The zero-order valence-electron chi connectivity index (χ0n) is 9.99. The van der Waals surface area contributed by atoms with E-state index in [-0.39, 0.29) is 9.92 Å². The molecule has 0 heterocycles. The largest absolute Gasteiger partial charge is 0.243 e. The summed E-state index contributed by atoms with van der Waals surface area (Å²) in [6.45, 7) is 0. The van der Waals surface area contributed by atoms with E-state index in [1.807, 2.05) is 0 Å². The molecule has 1 N–H and O–H groups in total. The summed E-state index contributed by atoms with van der Waals surface area (Å²) in [5.74, 6) is 0. The van der Waals surface area contributed by atoms with Crippen molar-refractivity contribution >= 4 is 37.6 Å². The number of nitrogens with zero attached hydrogens (tertiary/aromatic N) is 1. The average molecular weight is 364 g/mol. The van der Waals surface area contributed by atoms with Gasteiger partial charge in [-0.15, -0.1) is 0 Å². The number of rotatable bonds is 3. The van der Waals surface area contributed by atoms with E-state index in [1.165, 1.54) is 12.1 Å². The van der Waals surface area contributed by atoms with E-state index in [4.69, 9.17) is 11.6 Å². The number of hydrogen-bond acceptors (Lipinski definition) is 3. The third kappa shape index (κ3) is 3.11. The third-order valence-electron chi connectivity index (χ3n) is 3.18. The Balaban J connectivity index is 2.35. The Hall–Kier alpha value is -0.610. The first kappa shape index (κ1) is 14.8. The van der Waals surface area contributed by atoms with Gasteiger partial charge in [-0.2, -0.15) is 9.98 Å². The summed E-state index contributed by atoms with van der Waals surface area (Å²) in [7, 11) is -3.79. The van der Waals surface area contributed by atoms with Crippen LogP contribution in [0.1, 0.15) is 25.7 Å². The van der Waals surface area contributed by atoms with Gasteiger partial charge in [0.1, 0.15) is 10.4 Å². The van der Waals surface area contributed by atoms with Gasteiger partial charge in [0.2, 0.25) is 10.0 Å². The van der Waals surface area contributed by atoms with Crippen LogP contribution in [0, 0.1) is 11.3 Å². The lowest BCUT2D eigenvalue weighted by Crippen LogP contribution is -2.45. The van der Waals surface area contributed by atoms with Crippen LogP contribution in [0.5, 0.6) is 0 Å². The maximum atomic E-state index is 12.3. The van der Waals surface area contributed by atoms with Gasteiger partial charge in [-0.3, -0.25) is 0 Å². The quantitative estimate of drug-likeness (QED) is 0.896. The van der Waals surface area contributed by atoms with Crippen molar-refractivity contribution in [1.82, 2.24) is 4.72 Å². The van der Waals surface area contributed by atoms with Crippen molar-refractivity contribution < 1.29 is 8.42 Å². The van der Waals surface area contributed by atoms with Crippen molar-refractivity contribution in [3.8, 4) is 6.07 Å². The Morgan fingerprint density at radius 1 is 1.37 bits per heavy atom. The predicted octanol–water partition coefficient (Wildman–Crippen LogP) is 3.22. The van der Waals surface area contributed by atoms with Gasteiger partial charge in [-0.05, 0) is 31.0 Å². The highest BCUT2D eigenvalue weighted by atomic mass is 79.9. The van der Waals surface area contributed by atoms with Crippen molar-refractivity contribution in [1.29, 1.82) is 5.26 Å². The van der Waals surface area contributed by atoms with Gasteiger partial charge >= 0.3 is 0 Å². The predicted molar refractivity (Wildman–Crippen MR) is 76.3 cm³/mol. The SMILES string of the molecule is N#CC1(NS(=O)(=O)c2ccc(Br)cc2Cl)CCCC1. The Morgan fingerprint density at radius 3 is 2.53 bits per heavy atom. The molecule has 1 aliphatic rings. The summed E-state index contributed by atoms with van der Waals surface area (Å²) in [6.07, 6.45) is 2.78. The van der Waals surface area contributed by atoms with E-state index in [9.17, 15) is 13.7 Å². The molecule has 2 rings (SSSR count). The summed E-state index contributed by atoms with van der Waals surface area (Å²) in [5.41, 5.74) is -0.991. The van der Waals surface area contributed by atoms with Gasteiger partial charge < -0.3 is 0 Å². The first-order valence-electron chi connectivity index (χ1n) is 5.79. The van der Waals surface area contributed by atoms with E-state index >= 15 is 0 Å². The topological polar surface area (TPSA) is 70.0 Å². The van der Waals surface area contributed by atoms with E-state index in [0.717, 1.165) is 12.8 Å². The standard InChI is InChI=1S/C12H12BrClN2O2S/c13-9-3-4-11(10(14)7-9)19(17,18)16-12(8-15)5-1-2-6-12/h3-4,7,16H,1-2,5-6H2. The molecule has 19 heavy (non-hydrogen) atoms. The van der Waals surface area contributed by atoms with Gasteiger partial charge in [0.25, 0.3) is 0 Å². The van der Waals surface area contributed by atoms with Crippen molar-refractivity contribution in [2.24, 2.45) is 0 Å². The summed E-state index contributed by atoms with van der Waals surface area (Å²) >= 11 is 9.18. The van der Waals surface area contributed by atoms with Crippen LogP contribution in [0.2, 0.25) is 5.02 Å².